The molecule has 0 bridgehead atoms. The largest absolute Gasteiger partial charge is 0.497 e. The van der Waals surface area contributed by atoms with Crippen LogP contribution >= 0.6 is 0 Å². The average Bonchev–Trinajstić information content (AvgIpc) is 3.46. The molecule has 0 fully saturated rings. The molecule has 0 atom stereocenters. The van der Waals surface area contributed by atoms with Crippen LogP contribution in [0.25, 0.3) is 22.4 Å². The Hall–Kier alpha value is -5.44. The molecular formula is C33H34N6O3. The quantitative estimate of drug-likeness (QED) is 0.151. The number of anilines is 2. The van der Waals surface area contributed by atoms with Gasteiger partial charge >= 0.3 is 0 Å². The van der Waals surface area contributed by atoms with E-state index in [1.54, 1.807) is 43.7 Å². The highest BCUT2D eigenvalue weighted by Gasteiger charge is 2.11. The molecule has 0 unspecified atom stereocenters. The van der Waals surface area contributed by atoms with Gasteiger partial charge in [-0.25, -0.2) is 10.4 Å². The lowest BCUT2D eigenvalue weighted by atomic mass is 10.1. The van der Waals surface area contributed by atoms with Gasteiger partial charge < -0.3 is 19.9 Å². The van der Waals surface area contributed by atoms with Gasteiger partial charge in [-0.2, -0.15) is 5.10 Å². The zero-order valence-corrected chi connectivity index (χ0v) is 24.3. The smallest absolute Gasteiger partial charge is 0.271 e. The van der Waals surface area contributed by atoms with Crippen molar-refractivity contribution < 1.29 is 14.3 Å². The summed E-state index contributed by atoms with van der Waals surface area (Å²) in [5.41, 5.74) is 8.39. The molecule has 1 aromatic heterocycles. The maximum atomic E-state index is 12.8. The van der Waals surface area contributed by atoms with Crippen molar-refractivity contribution in [1.82, 2.24) is 15.4 Å². The zero-order valence-electron chi connectivity index (χ0n) is 24.3. The maximum absolute atomic E-state index is 12.8. The molecule has 0 radical (unpaired) electrons. The fraction of sp³-hybridized carbons (Fsp3) is 0.152. The molecule has 5 aromatic rings. The Morgan fingerprint density at radius 3 is 2.12 bits per heavy atom. The van der Waals surface area contributed by atoms with Crippen LogP contribution in [0.15, 0.2) is 96.1 Å². The molecule has 5 rings (SSSR count). The minimum absolute atomic E-state index is 0.291. The molecule has 0 saturated carbocycles. The highest BCUT2D eigenvalue weighted by Crippen LogP contribution is 2.25. The minimum Gasteiger partial charge on any atom is -0.497 e. The minimum atomic E-state index is -0.370. The first-order chi connectivity index (χ1) is 20.4. The molecule has 0 aliphatic heterocycles. The number of ether oxygens (including phenoxy) is 1. The van der Waals surface area contributed by atoms with Crippen molar-refractivity contribution in [2.75, 3.05) is 31.4 Å². The summed E-state index contributed by atoms with van der Waals surface area (Å²) >= 11 is 0. The van der Waals surface area contributed by atoms with Gasteiger partial charge in [-0.05, 0) is 84.4 Å². The number of benzene rings is 4. The number of H-pyrrole nitrogens is 1. The molecule has 3 N–H and O–H groups in total. The van der Waals surface area contributed by atoms with E-state index in [1.165, 1.54) is 0 Å². The van der Waals surface area contributed by atoms with E-state index in [4.69, 9.17) is 4.74 Å². The Bertz CT molecular complexity index is 1670. The topological polar surface area (TPSA) is 112 Å². The molecular weight excluding hydrogens is 528 g/mol. The van der Waals surface area contributed by atoms with Crippen LogP contribution in [0.1, 0.15) is 40.1 Å². The zero-order chi connectivity index (χ0) is 30.1. The first-order valence-electron chi connectivity index (χ1n) is 13.6. The summed E-state index contributed by atoms with van der Waals surface area (Å²) in [6.45, 7) is 4.00. The van der Waals surface area contributed by atoms with Gasteiger partial charge in [0.25, 0.3) is 11.8 Å². The monoisotopic (exact) mass is 562 g/mol. The van der Waals surface area contributed by atoms with Crippen molar-refractivity contribution in [3.8, 4) is 17.1 Å². The highest BCUT2D eigenvalue weighted by molar-refractivity contribution is 6.05. The Balaban J connectivity index is 0.00000198. The van der Waals surface area contributed by atoms with Gasteiger partial charge in [-0.1, -0.05) is 26.0 Å². The number of hydrogen-bond donors (Lipinski definition) is 3. The number of fused-ring (bicyclic) bond motifs is 1. The van der Waals surface area contributed by atoms with Crippen LogP contribution in [-0.4, -0.2) is 49.2 Å². The van der Waals surface area contributed by atoms with E-state index in [1.807, 2.05) is 93.5 Å². The van der Waals surface area contributed by atoms with Crippen molar-refractivity contribution in [3.63, 3.8) is 0 Å². The first kappa shape index (κ1) is 29.5. The Kier molecular flexibility index (Phi) is 9.68. The van der Waals surface area contributed by atoms with Gasteiger partial charge in [0, 0.05) is 42.2 Å². The van der Waals surface area contributed by atoms with E-state index in [0.29, 0.717) is 16.8 Å². The fourth-order valence-corrected chi connectivity index (χ4v) is 4.04. The third-order valence-corrected chi connectivity index (χ3v) is 6.30. The lowest BCUT2D eigenvalue weighted by Crippen LogP contribution is -2.18. The molecule has 4 aromatic carbocycles. The molecule has 214 valence electrons. The van der Waals surface area contributed by atoms with Crippen LogP contribution in [0.2, 0.25) is 0 Å². The van der Waals surface area contributed by atoms with Crippen LogP contribution in [-0.2, 0) is 0 Å². The lowest BCUT2D eigenvalue weighted by molar-refractivity contribution is 0.0953. The van der Waals surface area contributed by atoms with Crippen LogP contribution < -0.4 is 20.4 Å². The van der Waals surface area contributed by atoms with Crippen LogP contribution in [0.3, 0.4) is 0 Å². The van der Waals surface area contributed by atoms with E-state index in [-0.39, 0.29) is 11.8 Å². The highest BCUT2D eigenvalue weighted by atomic mass is 16.5. The predicted octanol–water partition coefficient (Wildman–Crippen LogP) is 6.35. The van der Waals surface area contributed by atoms with Crippen molar-refractivity contribution in [2.45, 2.75) is 13.8 Å². The number of aromatic amines is 1. The van der Waals surface area contributed by atoms with E-state index in [0.717, 1.165) is 39.4 Å². The first-order valence-corrected chi connectivity index (χ1v) is 13.6. The van der Waals surface area contributed by atoms with Gasteiger partial charge in [0.2, 0.25) is 0 Å². The lowest BCUT2D eigenvalue weighted by Gasteiger charge is -2.11. The van der Waals surface area contributed by atoms with E-state index in [9.17, 15) is 9.59 Å². The number of rotatable bonds is 8. The molecule has 0 aliphatic rings. The van der Waals surface area contributed by atoms with Crippen molar-refractivity contribution >= 4 is 40.4 Å². The number of nitrogens with zero attached hydrogens (tertiary/aromatic N) is 3. The Morgan fingerprint density at radius 2 is 1.50 bits per heavy atom. The SMILES string of the molecule is CC.COc1ccc(-c2nc3ccc(NC(=O)c4ccc(C(=O)N/N=C/c5ccc(N(C)C)cc5)cc4)cc3[nH]2)cc1. The van der Waals surface area contributed by atoms with Gasteiger partial charge in [0.15, 0.2) is 0 Å². The second-order valence-corrected chi connectivity index (χ2v) is 9.26. The van der Waals surface area contributed by atoms with E-state index in [2.05, 4.69) is 25.8 Å². The van der Waals surface area contributed by atoms with Gasteiger partial charge in [0.1, 0.15) is 11.6 Å². The van der Waals surface area contributed by atoms with Crippen LogP contribution in [0.4, 0.5) is 11.4 Å². The summed E-state index contributed by atoms with van der Waals surface area (Å²) in [6.07, 6.45) is 1.58. The summed E-state index contributed by atoms with van der Waals surface area (Å²) in [5.74, 6) is 0.835. The molecule has 9 heteroatoms. The van der Waals surface area contributed by atoms with E-state index < -0.39 is 0 Å². The van der Waals surface area contributed by atoms with Gasteiger partial charge in [0.05, 0.1) is 24.4 Å². The Labute approximate surface area is 245 Å². The summed E-state index contributed by atoms with van der Waals surface area (Å²) in [7, 11) is 5.57. The summed E-state index contributed by atoms with van der Waals surface area (Å²) in [4.78, 5) is 35.2. The standard InChI is InChI=1S/C31H28N6O3.C2H6/c1-37(2)25-13-4-20(5-14-25)19-32-36-31(39)23-8-6-22(7-9-23)30(38)33-24-12-17-27-28(18-24)35-29(34-27)21-10-15-26(40-3)16-11-21;1-2/h4-19H,1-3H3,(H,33,38)(H,34,35)(H,36,39);1-2H3/b32-19+;. The van der Waals surface area contributed by atoms with Gasteiger partial charge in [-0.15, -0.1) is 0 Å². The molecule has 0 saturated heterocycles. The van der Waals surface area contributed by atoms with Crippen LogP contribution in [0.5, 0.6) is 5.75 Å². The molecule has 42 heavy (non-hydrogen) atoms. The second-order valence-electron chi connectivity index (χ2n) is 9.26. The predicted molar refractivity (Wildman–Crippen MR) is 170 cm³/mol. The summed E-state index contributed by atoms with van der Waals surface area (Å²) in [5, 5.41) is 6.92. The molecule has 2 amide bonds. The molecule has 0 aliphatic carbocycles. The van der Waals surface area contributed by atoms with Crippen LogP contribution in [0, 0.1) is 0 Å². The average molecular weight is 563 g/mol. The second kappa shape index (κ2) is 13.8. The molecule has 9 nitrogen and oxygen atoms in total. The normalized spacial score (nSPS) is 10.6. The number of aromatic nitrogens is 2. The number of carbonyl (C=O) groups excluding carboxylic acids is 2. The third-order valence-electron chi connectivity index (χ3n) is 6.30. The number of hydrogen-bond acceptors (Lipinski definition) is 6. The number of hydrazone groups is 1. The maximum Gasteiger partial charge on any atom is 0.271 e. The molecule has 0 spiro atoms. The van der Waals surface area contributed by atoms with Crippen molar-refractivity contribution in [2.24, 2.45) is 5.10 Å². The summed E-state index contributed by atoms with van der Waals surface area (Å²) < 4.78 is 5.21. The number of amides is 2. The number of nitrogens with one attached hydrogen (secondary N) is 3. The number of imidazole rings is 1. The van der Waals surface area contributed by atoms with E-state index >= 15 is 0 Å². The Morgan fingerprint density at radius 1 is 0.857 bits per heavy atom. The number of carbonyl (C=O) groups is 2. The van der Waals surface area contributed by atoms with Gasteiger partial charge in [-0.3, -0.25) is 9.59 Å². The summed E-state index contributed by atoms with van der Waals surface area (Å²) in [6, 6.07) is 27.3. The van der Waals surface area contributed by atoms with Crippen molar-refractivity contribution in [1.29, 1.82) is 0 Å². The third kappa shape index (κ3) is 7.19. The molecule has 1 heterocycles. The fourth-order valence-electron chi connectivity index (χ4n) is 4.04. The number of methoxy groups -OCH3 is 1. The van der Waals surface area contributed by atoms with Crippen molar-refractivity contribution in [3.05, 3.63) is 108 Å².